The lowest BCUT2D eigenvalue weighted by atomic mass is 10.5. The summed E-state index contributed by atoms with van der Waals surface area (Å²) in [6.07, 6.45) is 0. The Bertz CT molecular complexity index is 348. The molecule has 1 aromatic rings. The molecule has 0 aromatic carbocycles. The lowest BCUT2D eigenvalue weighted by Crippen LogP contribution is -1.95. The van der Waals surface area contributed by atoms with Gasteiger partial charge in [-0.2, -0.15) is 0 Å². The van der Waals surface area contributed by atoms with Gasteiger partial charge >= 0.3 is 5.97 Å². The van der Waals surface area contributed by atoms with Crippen molar-refractivity contribution >= 4 is 17.3 Å². The number of thiazole rings is 1. The smallest absolute Gasteiger partial charge is 0.365 e. The summed E-state index contributed by atoms with van der Waals surface area (Å²) < 4.78 is 0. The molecular weight excluding hydrogens is 176 g/mol. The van der Waals surface area contributed by atoms with E-state index in [9.17, 15) is 4.79 Å². The molecule has 1 heterocycles. The summed E-state index contributed by atoms with van der Waals surface area (Å²) in [4.78, 5) is 14.1. The Kier molecular flexibility index (Phi) is 2.80. The van der Waals surface area contributed by atoms with Crippen molar-refractivity contribution < 1.29 is 9.90 Å². The zero-order valence-corrected chi connectivity index (χ0v) is 6.89. The summed E-state index contributed by atoms with van der Waals surface area (Å²) in [6.45, 7) is 0.250. The van der Waals surface area contributed by atoms with E-state index in [-0.39, 0.29) is 11.6 Å². The first kappa shape index (κ1) is 8.71. The number of carboxylic acid groups (broad SMARTS) is 1. The predicted molar refractivity (Wildman–Crippen MR) is 45.0 cm³/mol. The summed E-state index contributed by atoms with van der Waals surface area (Å²) in [5.41, 5.74) is 5.59. The van der Waals surface area contributed by atoms with Gasteiger partial charge in [-0.3, -0.25) is 0 Å². The van der Waals surface area contributed by atoms with E-state index in [2.05, 4.69) is 16.8 Å². The molecule has 0 fully saturated rings. The number of hydrogen-bond donors (Lipinski definition) is 2. The van der Waals surface area contributed by atoms with Crippen molar-refractivity contribution in [2.24, 2.45) is 5.73 Å². The maximum atomic E-state index is 10.4. The second-order valence-electron chi connectivity index (χ2n) is 1.85. The third-order valence-electron chi connectivity index (χ3n) is 1.01. The van der Waals surface area contributed by atoms with Gasteiger partial charge < -0.3 is 10.8 Å². The molecule has 0 atom stereocenters. The fourth-order valence-electron chi connectivity index (χ4n) is 0.571. The number of aromatic carboxylic acids is 1. The van der Waals surface area contributed by atoms with E-state index in [4.69, 9.17) is 10.8 Å². The molecule has 0 radical (unpaired) electrons. The van der Waals surface area contributed by atoms with Gasteiger partial charge in [0.25, 0.3) is 0 Å². The predicted octanol–water partition coefficient (Wildman–Crippen LogP) is 0.151. The van der Waals surface area contributed by atoms with Gasteiger partial charge in [-0.25, -0.2) is 9.78 Å². The Balaban J connectivity index is 2.84. The zero-order chi connectivity index (χ0) is 8.97. The minimum Gasteiger partial charge on any atom is -0.476 e. The molecular formula is C7H6N2O2S. The van der Waals surface area contributed by atoms with Crippen LogP contribution in [0.2, 0.25) is 0 Å². The van der Waals surface area contributed by atoms with Gasteiger partial charge in [-0.05, 0) is 5.92 Å². The van der Waals surface area contributed by atoms with Gasteiger partial charge in [-0.1, -0.05) is 5.92 Å². The largest absolute Gasteiger partial charge is 0.476 e. The number of nitrogens with two attached hydrogens (primary N) is 1. The van der Waals surface area contributed by atoms with Crippen molar-refractivity contribution in [1.82, 2.24) is 4.98 Å². The standard InChI is InChI=1S/C7H6N2O2S/c8-3-1-2-5-4-12-6(9-5)7(10)11/h4H,3,8H2,(H,10,11). The number of rotatable bonds is 1. The molecule has 0 saturated carbocycles. The molecule has 5 heteroatoms. The Morgan fingerprint density at radius 2 is 2.58 bits per heavy atom. The number of aromatic nitrogens is 1. The van der Waals surface area contributed by atoms with E-state index in [1.54, 1.807) is 5.38 Å². The second kappa shape index (κ2) is 3.85. The third kappa shape index (κ3) is 2.05. The Morgan fingerprint density at radius 3 is 3.08 bits per heavy atom. The molecule has 4 nitrogen and oxygen atoms in total. The Morgan fingerprint density at radius 1 is 1.83 bits per heavy atom. The maximum absolute atomic E-state index is 10.4. The van der Waals surface area contributed by atoms with Crippen molar-refractivity contribution in [2.75, 3.05) is 6.54 Å². The highest BCUT2D eigenvalue weighted by Crippen LogP contribution is 2.07. The molecule has 0 unspecified atom stereocenters. The summed E-state index contributed by atoms with van der Waals surface area (Å²) in [5.74, 6) is 4.20. The van der Waals surface area contributed by atoms with Crippen molar-refractivity contribution in [1.29, 1.82) is 0 Å². The van der Waals surface area contributed by atoms with Crippen LogP contribution >= 0.6 is 11.3 Å². The van der Waals surface area contributed by atoms with Gasteiger partial charge in [0.2, 0.25) is 5.01 Å². The van der Waals surface area contributed by atoms with E-state index in [0.29, 0.717) is 5.69 Å². The van der Waals surface area contributed by atoms with Crippen LogP contribution in [0.25, 0.3) is 0 Å². The molecule has 12 heavy (non-hydrogen) atoms. The van der Waals surface area contributed by atoms with E-state index in [1.165, 1.54) is 0 Å². The molecule has 0 aliphatic heterocycles. The molecule has 0 bridgehead atoms. The van der Waals surface area contributed by atoms with Crippen molar-refractivity contribution in [2.45, 2.75) is 0 Å². The van der Waals surface area contributed by atoms with Crippen LogP contribution in [0.1, 0.15) is 15.5 Å². The SMILES string of the molecule is NCC#Cc1csc(C(=O)O)n1. The molecule has 0 aliphatic carbocycles. The van der Waals surface area contributed by atoms with Crippen LogP contribution < -0.4 is 5.73 Å². The first-order chi connectivity index (χ1) is 5.74. The van der Waals surface area contributed by atoms with Crippen LogP contribution in [0.4, 0.5) is 0 Å². The molecule has 3 N–H and O–H groups in total. The molecule has 0 aliphatic rings. The first-order valence-corrected chi connectivity index (χ1v) is 3.99. The van der Waals surface area contributed by atoms with Crippen LogP contribution in [0.15, 0.2) is 5.38 Å². The van der Waals surface area contributed by atoms with Gasteiger partial charge in [0, 0.05) is 5.38 Å². The topological polar surface area (TPSA) is 76.2 Å². The summed E-state index contributed by atoms with van der Waals surface area (Å²) in [5, 5.41) is 10.1. The van der Waals surface area contributed by atoms with Crippen molar-refractivity contribution in [3.05, 3.63) is 16.1 Å². The highest BCUT2D eigenvalue weighted by atomic mass is 32.1. The lowest BCUT2D eigenvalue weighted by molar-refractivity contribution is 0.0696. The van der Waals surface area contributed by atoms with Gasteiger partial charge in [0.05, 0.1) is 6.54 Å². The first-order valence-electron chi connectivity index (χ1n) is 3.12. The third-order valence-corrected chi connectivity index (χ3v) is 1.84. The fraction of sp³-hybridized carbons (Fsp3) is 0.143. The summed E-state index contributed by atoms with van der Waals surface area (Å²) >= 11 is 1.05. The van der Waals surface area contributed by atoms with E-state index in [0.717, 1.165) is 11.3 Å². The minimum atomic E-state index is -1.03. The molecule has 1 aromatic heterocycles. The van der Waals surface area contributed by atoms with E-state index < -0.39 is 5.97 Å². The number of hydrogen-bond acceptors (Lipinski definition) is 4. The highest BCUT2D eigenvalue weighted by molar-refractivity contribution is 7.11. The minimum absolute atomic E-state index is 0.0521. The van der Waals surface area contributed by atoms with E-state index >= 15 is 0 Å². The average molecular weight is 182 g/mol. The highest BCUT2D eigenvalue weighted by Gasteiger charge is 2.06. The molecule has 0 saturated heterocycles. The van der Waals surface area contributed by atoms with Gasteiger partial charge in [0.15, 0.2) is 0 Å². The summed E-state index contributed by atoms with van der Waals surface area (Å²) in [6, 6.07) is 0. The van der Waals surface area contributed by atoms with Crippen LogP contribution in [0.5, 0.6) is 0 Å². The van der Waals surface area contributed by atoms with Crippen LogP contribution in [0.3, 0.4) is 0 Å². The van der Waals surface area contributed by atoms with Gasteiger partial charge in [0.1, 0.15) is 5.69 Å². The molecule has 0 amide bonds. The Hall–Kier alpha value is -1.38. The number of nitrogens with zero attached hydrogens (tertiary/aromatic N) is 1. The lowest BCUT2D eigenvalue weighted by Gasteiger charge is -1.79. The number of carboxylic acids is 1. The van der Waals surface area contributed by atoms with Gasteiger partial charge in [-0.15, -0.1) is 11.3 Å². The Labute approximate surface area is 73.0 Å². The molecule has 0 spiro atoms. The number of carbonyl (C=O) groups is 1. The average Bonchev–Trinajstić information content (AvgIpc) is 2.48. The zero-order valence-electron chi connectivity index (χ0n) is 6.07. The maximum Gasteiger partial charge on any atom is 0.365 e. The quantitative estimate of drug-likeness (QED) is 0.606. The van der Waals surface area contributed by atoms with Crippen LogP contribution in [-0.4, -0.2) is 22.6 Å². The van der Waals surface area contributed by atoms with Crippen LogP contribution in [-0.2, 0) is 0 Å². The second-order valence-corrected chi connectivity index (χ2v) is 2.71. The summed E-state index contributed by atoms with van der Waals surface area (Å²) in [7, 11) is 0. The van der Waals surface area contributed by atoms with Crippen molar-refractivity contribution in [3.8, 4) is 11.8 Å². The monoisotopic (exact) mass is 182 g/mol. The molecule has 1 rings (SSSR count). The van der Waals surface area contributed by atoms with Crippen molar-refractivity contribution in [3.63, 3.8) is 0 Å². The van der Waals surface area contributed by atoms with Crippen LogP contribution in [0, 0.1) is 11.8 Å². The van der Waals surface area contributed by atoms with E-state index in [1.807, 2.05) is 0 Å². The fourth-order valence-corrected chi connectivity index (χ4v) is 1.16. The molecule has 62 valence electrons. The normalized spacial score (nSPS) is 8.75.